The summed E-state index contributed by atoms with van der Waals surface area (Å²) in [6.45, 7) is 18.2. The first-order valence-electron chi connectivity index (χ1n) is 16.7. The third-order valence-corrected chi connectivity index (χ3v) is 4.89. The number of hydrogen-bond acceptors (Lipinski definition) is 13. The molecular formula is C35H67Br2KO13. The smallest absolute Gasteiger partial charge is 0.850 e. The number of hydrogen-bond donors (Lipinski definition) is 0. The first-order valence-corrected chi connectivity index (χ1v) is 18.9. The molecule has 1 unspecified atom stereocenters. The van der Waals surface area contributed by atoms with Crippen molar-refractivity contribution in [3.8, 4) is 0 Å². The maximum atomic E-state index is 11.6. The Morgan fingerprint density at radius 3 is 1.33 bits per heavy atom. The molecule has 0 amide bonds. The van der Waals surface area contributed by atoms with Crippen LogP contribution in [-0.2, 0) is 57.2 Å². The van der Waals surface area contributed by atoms with Gasteiger partial charge in [-0.15, -0.1) is 5.60 Å². The molecule has 0 saturated heterocycles. The molecule has 0 spiro atoms. The molecule has 0 aliphatic carbocycles. The molecule has 0 aliphatic rings. The standard InChI is InChI=1S/C11H20O4.C9H16O4.C6H10O3.C4H9O.C3H7BrO.C2H5Br.K/c1-4-9(11(13)15-5-2)10(12)7-6-8-14-3;1-3-13-9(11)7-8(10)5-4-6-12-2;1-3-9-6(8)4-5(2)7;1-4(2,3)5;1-5-3-2-4;1-2-3;/h9H,4-8H2,1-3H3;3-7H2,1-2H3;3-4H2,1-2H3;1-3H3;2-3H2,1H3;2H2,1H3;/q;;;-1;;;+1. The number of carbonyl (C=O) groups is 6. The summed E-state index contributed by atoms with van der Waals surface area (Å²) in [5.41, 5.74) is -0.750. The molecular weight excluding hydrogens is 827 g/mol. The van der Waals surface area contributed by atoms with Crippen molar-refractivity contribution < 1.29 is 114 Å². The van der Waals surface area contributed by atoms with Crippen molar-refractivity contribution >= 4 is 67.1 Å². The van der Waals surface area contributed by atoms with E-state index in [0.29, 0.717) is 65.1 Å². The van der Waals surface area contributed by atoms with Gasteiger partial charge in [0, 0.05) is 58.0 Å². The van der Waals surface area contributed by atoms with Crippen LogP contribution in [0.25, 0.3) is 0 Å². The Morgan fingerprint density at radius 2 is 1.04 bits per heavy atom. The topological polar surface area (TPSA) is 181 Å². The summed E-state index contributed by atoms with van der Waals surface area (Å²) in [5.74, 6) is -2.17. The molecule has 16 heteroatoms. The zero-order valence-electron chi connectivity index (χ0n) is 33.7. The fourth-order valence-electron chi connectivity index (χ4n) is 2.70. The second kappa shape index (κ2) is 52.0. The van der Waals surface area contributed by atoms with Crippen molar-refractivity contribution in [1.29, 1.82) is 0 Å². The summed E-state index contributed by atoms with van der Waals surface area (Å²) in [7, 11) is 4.85. The Hall–Kier alpha value is -0.144. The molecule has 0 aromatic carbocycles. The molecule has 51 heavy (non-hydrogen) atoms. The van der Waals surface area contributed by atoms with Crippen LogP contribution < -0.4 is 56.5 Å². The van der Waals surface area contributed by atoms with Crippen molar-refractivity contribution in [2.24, 2.45) is 5.92 Å². The van der Waals surface area contributed by atoms with Crippen LogP contribution in [0.5, 0.6) is 0 Å². The van der Waals surface area contributed by atoms with E-state index in [1.807, 2.05) is 13.8 Å². The third-order valence-electron chi connectivity index (χ3n) is 4.57. The largest absolute Gasteiger partial charge is 1.00 e. The molecule has 0 radical (unpaired) electrons. The van der Waals surface area contributed by atoms with Crippen LogP contribution in [0.4, 0.5) is 0 Å². The molecule has 0 bridgehead atoms. The van der Waals surface area contributed by atoms with Crippen LogP contribution in [0.1, 0.15) is 107 Å². The summed E-state index contributed by atoms with van der Waals surface area (Å²) in [6.07, 6.45) is 2.37. The zero-order chi connectivity index (χ0) is 40.4. The molecule has 0 aliphatic heterocycles. The van der Waals surface area contributed by atoms with E-state index in [0.717, 1.165) is 17.3 Å². The average Bonchev–Trinajstić information content (AvgIpc) is 2.99. The number of methoxy groups -OCH3 is 3. The summed E-state index contributed by atoms with van der Waals surface area (Å²) in [5, 5.41) is 12.1. The monoisotopic (exact) mass is 892 g/mol. The fraction of sp³-hybridized carbons (Fsp3) is 0.829. The third kappa shape index (κ3) is 75.6. The van der Waals surface area contributed by atoms with E-state index in [1.54, 1.807) is 62.9 Å². The van der Waals surface area contributed by atoms with Crippen molar-refractivity contribution in [3.63, 3.8) is 0 Å². The van der Waals surface area contributed by atoms with E-state index in [-0.39, 0.29) is 81.6 Å². The second-order valence-electron chi connectivity index (χ2n) is 10.6. The first kappa shape index (κ1) is 65.7. The van der Waals surface area contributed by atoms with Crippen LogP contribution >= 0.6 is 31.9 Å². The Labute approximate surface area is 367 Å². The molecule has 1 atom stereocenters. The van der Waals surface area contributed by atoms with E-state index >= 15 is 0 Å². The van der Waals surface area contributed by atoms with Gasteiger partial charge in [-0.1, -0.05) is 66.5 Å². The predicted molar refractivity (Wildman–Crippen MR) is 201 cm³/mol. The van der Waals surface area contributed by atoms with Crippen LogP contribution in [-0.4, -0.2) is 112 Å². The van der Waals surface area contributed by atoms with Crippen molar-refractivity contribution in [2.75, 3.05) is 71.6 Å². The van der Waals surface area contributed by atoms with Gasteiger partial charge in [0.2, 0.25) is 0 Å². The predicted octanol–water partition coefficient (Wildman–Crippen LogP) is 2.61. The van der Waals surface area contributed by atoms with Gasteiger partial charge in [-0.05, 0) is 47.0 Å². The molecule has 0 aromatic rings. The number of carbonyl (C=O) groups excluding carboxylic acids is 6. The Kier molecular flexibility index (Phi) is 67.0. The molecule has 13 nitrogen and oxygen atoms in total. The SMILES string of the molecule is CC(C)(C)[O-].CCBr.CCOC(=O)C(CC)C(=O)CCCOC.CCOC(=O)CC(=O)CCCOC.CCOC(=O)CC(C)=O.COCCBr.[K+]. The number of rotatable bonds is 20. The van der Waals surface area contributed by atoms with Crippen LogP contribution in [0.2, 0.25) is 0 Å². The van der Waals surface area contributed by atoms with Gasteiger partial charge in [0.05, 0.1) is 26.4 Å². The van der Waals surface area contributed by atoms with Gasteiger partial charge in [-0.25, -0.2) is 0 Å². The summed E-state index contributed by atoms with van der Waals surface area (Å²) in [4.78, 5) is 65.5. The van der Waals surface area contributed by atoms with Crippen molar-refractivity contribution in [2.45, 2.75) is 113 Å². The van der Waals surface area contributed by atoms with Crippen molar-refractivity contribution in [3.05, 3.63) is 0 Å². The Balaban J connectivity index is -0.0000000977. The van der Waals surface area contributed by atoms with Gasteiger partial charge in [0.1, 0.15) is 36.1 Å². The maximum absolute atomic E-state index is 11.6. The fourth-order valence-corrected chi connectivity index (χ4v) is 3.02. The van der Waals surface area contributed by atoms with Crippen molar-refractivity contribution in [1.82, 2.24) is 0 Å². The van der Waals surface area contributed by atoms with E-state index in [4.69, 9.17) is 14.2 Å². The van der Waals surface area contributed by atoms with E-state index < -0.39 is 29.4 Å². The van der Waals surface area contributed by atoms with Gasteiger partial charge in [0.15, 0.2) is 0 Å². The molecule has 0 aromatic heterocycles. The maximum Gasteiger partial charge on any atom is 1.00 e. The van der Waals surface area contributed by atoms with E-state index in [1.165, 1.54) is 6.92 Å². The summed E-state index contributed by atoms with van der Waals surface area (Å²) < 4.78 is 28.2. The zero-order valence-corrected chi connectivity index (χ0v) is 40.0. The minimum Gasteiger partial charge on any atom is -0.850 e. The number of halogens is 2. The summed E-state index contributed by atoms with van der Waals surface area (Å²) in [6, 6.07) is 0. The minimum atomic E-state index is -0.750. The second-order valence-corrected chi connectivity index (χ2v) is 12.6. The quantitative estimate of drug-likeness (QED) is 0.0435. The van der Waals surface area contributed by atoms with E-state index in [2.05, 4.69) is 46.1 Å². The van der Waals surface area contributed by atoms with Gasteiger partial charge in [0.25, 0.3) is 0 Å². The first-order chi connectivity index (χ1) is 23.4. The molecule has 0 saturated carbocycles. The number of esters is 3. The van der Waals surface area contributed by atoms with Crippen LogP contribution in [0.3, 0.4) is 0 Å². The normalized spacial score (nSPS) is 9.94. The number of ether oxygens (including phenoxy) is 6. The average molecular weight is 895 g/mol. The number of alkyl halides is 2. The molecule has 300 valence electrons. The number of Topliss-reactive ketones (excluding diaryl/α,β-unsaturated/α-hetero) is 3. The van der Waals surface area contributed by atoms with Gasteiger partial charge < -0.3 is 33.5 Å². The molecule has 0 rings (SSSR count). The minimum absolute atomic E-state index is 0. The van der Waals surface area contributed by atoms with Crippen LogP contribution in [0.15, 0.2) is 0 Å². The van der Waals surface area contributed by atoms with Gasteiger partial charge >= 0.3 is 69.3 Å². The molecule has 0 heterocycles. The van der Waals surface area contributed by atoms with Gasteiger partial charge in [-0.2, -0.15) is 0 Å². The Morgan fingerprint density at radius 1 is 0.667 bits per heavy atom. The van der Waals surface area contributed by atoms with Gasteiger partial charge in [-0.3, -0.25) is 28.8 Å². The Bertz CT molecular complexity index is 816. The number of ketones is 3. The van der Waals surface area contributed by atoms with Crippen LogP contribution in [0, 0.1) is 5.92 Å². The van der Waals surface area contributed by atoms with E-state index in [9.17, 15) is 33.9 Å². The molecule has 0 fully saturated rings. The molecule has 0 N–H and O–H groups in total. The summed E-state index contributed by atoms with van der Waals surface area (Å²) >= 11 is 6.33.